The number of amides is 1. The number of rotatable bonds is 3. The molecule has 0 spiro atoms. The highest BCUT2D eigenvalue weighted by molar-refractivity contribution is 9.10. The van der Waals surface area contributed by atoms with Crippen molar-refractivity contribution >= 4 is 39.3 Å². The summed E-state index contributed by atoms with van der Waals surface area (Å²) in [5.41, 5.74) is 6.40. The summed E-state index contributed by atoms with van der Waals surface area (Å²) in [5.74, 6) is 0.674. The molecule has 1 fully saturated rings. The number of nitrogens with two attached hydrogens (primary N) is 1. The molecule has 0 unspecified atom stereocenters. The average molecular weight is 330 g/mol. The molecule has 0 saturated carbocycles. The number of halogens is 1. The number of nitrogens with one attached hydrogen (secondary N) is 1. The van der Waals surface area contributed by atoms with Gasteiger partial charge in [0.05, 0.1) is 5.75 Å². The molecule has 1 aromatic carbocycles. The predicted molar refractivity (Wildman–Crippen MR) is 78.7 cm³/mol. The van der Waals surface area contributed by atoms with E-state index in [-0.39, 0.29) is 5.91 Å². The largest absolute Gasteiger partial charge is 0.399 e. The number of anilines is 1. The standard InChI is InChI=1S/C12H16BrN3OS/c13-10-7-9(14)1-2-11(10)18-8-12(17)16-5-3-15-4-6-16/h1-2,7,15H,3-6,8,14H2. The fourth-order valence-electron chi connectivity index (χ4n) is 1.78. The van der Waals surface area contributed by atoms with Crippen LogP contribution in [0.2, 0.25) is 0 Å². The van der Waals surface area contributed by atoms with Crippen molar-refractivity contribution in [1.29, 1.82) is 0 Å². The number of carbonyl (C=O) groups excluding carboxylic acids is 1. The lowest BCUT2D eigenvalue weighted by atomic mass is 10.3. The van der Waals surface area contributed by atoms with Crippen molar-refractivity contribution in [2.45, 2.75) is 4.90 Å². The smallest absolute Gasteiger partial charge is 0.233 e. The van der Waals surface area contributed by atoms with Gasteiger partial charge in [-0.25, -0.2) is 0 Å². The summed E-state index contributed by atoms with van der Waals surface area (Å²) >= 11 is 5.00. The Bertz CT molecular complexity index is 435. The van der Waals surface area contributed by atoms with Crippen LogP contribution in [0.4, 0.5) is 5.69 Å². The second-order valence-corrected chi connectivity index (χ2v) is 5.98. The van der Waals surface area contributed by atoms with Gasteiger partial charge in [0.2, 0.25) is 5.91 Å². The lowest BCUT2D eigenvalue weighted by molar-refractivity contribution is -0.128. The van der Waals surface area contributed by atoms with Gasteiger partial charge in [0.1, 0.15) is 0 Å². The second-order valence-electron chi connectivity index (χ2n) is 4.11. The molecular weight excluding hydrogens is 314 g/mol. The van der Waals surface area contributed by atoms with Crippen molar-refractivity contribution in [3.8, 4) is 0 Å². The molecule has 2 rings (SSSR count). The summed E-state index contributed by atoms with van der Waals surface area (Å²) in [6.45, 7) is 3.40. The molecule has 3 N–H and O–H groups in total. The second kappa shape index (κ2) is 6.45. The van der Waals surface area contributed by atoms with E-state index in [1.54, 1.807) is 11.8 Å². The highest BCUT2D eigenvalue weighted by Gasteiger charge is 2.16. The molecule has 1 aliphatic rings. The fraction of sp³-hybridized carbons (Fsp3) is 0.417. The Hall–Kier alpha value is -0.720. The minimum atomic E-state index is 0.199. The van der Waals surface area contributed by atoms with Crippen LogP contribution in [0.5, 0.6) is 0 Å². The van der Waals surface area contributed by atoms with Crippen molar-refractivity contribution < 1.29 is 4.79 Å². The van der Waals surface area contributed by atoms with Gasteiger partial charge in [0.25, 0.3) is 0 Å². The third kappa shape index (κ3) is 3.63. The van der Waals surface area contributed by atoms with Gasteiger partial charge in [-0.15, -0.1) is 11.8 Å². The first-order valence-corrected chi connectivity index (χ1v) is 7.61. The maximum atomic E-state index is 12.0. The number of nitrogens with zero attached hydrogens (tertiary/aromatic N) is 1. The Morgan fingerprint density at radius 1 is 1.44 bits per heavy atom. The maximum absolute atomic E-state index is 12.0. The molecular formula is C12H16BrN3OS. The molecule has 1 saturated heterocycles. The van der Waals surface area contributed by atoms with Crippen molar-refractivity contribution in [2.24, 2.45) is 0 Å². The van der Waals surface area contributed by atoms with Gasteiger partial charge >= 0.3 is 0 Å². The topological polar surface area (TPSA) is 58.4 Å². The van der Waals surface area contributed by atoms with E-state index in [1.165, 1.54) is 0 Å². The molecule has 1 aliphatic heterocycles. The monoisotopic (exact) mass is 329 g/mol. The third-order valence-corrected chi connectivity index (χ3v) is 4.75. The first-order valence-electron chi connectivity index (χ1n) is 5.83. The number of hydrogen-bond acceptors (Lipinski definition) is 4. The quantitative estimate of drug-likeness (QED) is 0.652. The maximum Gasteiger partial charge on any atom is 0.233 e. The molecule has 0 radical (unpaired) electrons. The van der Waals surface area contributed by atoms with Crippen LogP contribution in [0.25, 0.3) is 0 Å². The zero-order valence-corrected chi connectivity index (χ0v) is 12.4. The summed E-state index contributed by atoms with van der Waals surface area (Å²) in [5, 5.41) is 3.24. The number of piperazine rings is 1. The van der Waals surface area contributed by atoms with Crippen LogP contribution >= 0.6 is 27.7 Å². The molecule has 4 nitrogen and oxygen atoms in total. The van der Waals surface area contributed by atoms with E-state index in [2.05, 4.69) is 21.2 Å². The van der Waals surface area contributed by atoms with Crippen LogP contribution in [0.15, 0.2) is 27.6 Å². The van der Waals surface area contributed by atoms with Crippen LogP contribution in [-0.2, 0) is 4.79 Å². The molecule has 1 heterocycles. The van der Waals surface area contributed by atoms with E-state index in [0.29, 0.717) is 5.75 Å². The Kier molecular flexibility index (Phi) is 4.91. The predicted octanol–water partition coefficient (Wildman–Crippen LogP) is 1.56. The summed E-state index contributed by atoms with van der Waals surface area (Å²) in [7, 11) is 0. The molecule has 1 amide bonds. The SMILES string of the molecule is Nc1ccc(SCC(=O)N2CCNCC2)c(Br)c1. The molecule has 0 aliphatic carbocycles. The molecule has 1 aromatic rings. The molecule has 0 bridgehead atoms. The van der Waals surface area contributed by atoms with E-state index >= 15 is 0 Å². The fourth-order valence-corrected chi connectivity index (χ4v) is 3.34. The Morgan fingerprint density at radius 2 is 2.17 bits per heavy atom. The van der Waals surface area contributed by atoms with E-state index in [0.717, 1.165) is 41.2 Å². The number of hydrogen-bond donors (Lipinski definition) is 2. The Morgan fingerprint density at radius 3 is 2.83 bits per heavy atom. The summed E-state index contributed by atoms with van der Waals surface area (Å²) in [4.78, 5) is 14.9. The Labute approximate surface area is 119 Å². The Balaban J connectivity index is 1.88. The minimum absolute atomic E-state index is 0.199. The summed E-state index contributed by atoms with van der Waals surface area (Å²) in [6, 6.07) is 5.65. The number of nitrogen functional groups attached to an aromatic ring is 1. The van der Waals surface area contributed by atoms with Crippen molar-refractivity contribution in [1.82, 2.24) is 10.2 Å². The van der Waals surface area contributed by atoms with E-state index in [9.17, 15) is 4.79 Å². The van der Waals surface area contributed by atoms with Gasteiger partial charge in [-0.2, -0.15) is 0 Å². The lowest BCUT2D eigenvalue weighted by Gasteiger charge is -2.27. The zero-order valence-electron chi connectivity index (χ0n) is 9.99. The van der Waals surface area contributed by atoms with Gasteiger partial charge in [-0.3, -0.25) is 4.79 Å². The summed E-state index contributed by atoms with van der Waals surface area (Å²) < 4.78 is 0.945. The molecule has 0 atom stereocenters. The first-order chi connectivity index (χ1) is 8.66. The van der Waals surface area contributed by atoms with E-state index in [1.807, 2.05) is 23.1 Å². The molecule has 98 valence electrons. The van der Waals surface area contributed by atoms with Crippen LogP contribution < -0.4 is 11.1 Å². The highest BCUT2D eigenvalue weighted by Crippen LogP contribution is 2.29. The number of benzene rings is 1. The van der Waals surface area contributed by atoms with Crippen LogP contribution in [0.1, 0.15) is 0 Å². The van der Waals surface area contributed by atoms with E-state index < -0.39 is 0 Å². The number of carbonyl (C=O) groups is 1. The summed E-state index contributed by atoms with van der Waals surface area (Å²) in [6.07, 6.45) is 0. The van der Waals surface area contributed by atoms with Crippen LogP contribution in [0.3, 0.4) is 0 Å². The van der Waals surface area contributed by atoms with Crippen LogP contribution in [-0.4, -0.2) is 42.7 Å². The average Bonchev–Trinajstić information content (AvgIpc) is 2.38. The van der Waals surface area contributed by atoms with Crippen molar-refractivity contribution in [3.05, 3.63) is 22.7 Å². The minimum Gasteiger partial charge on any atom is -0.399 e. The normalized spacial score (nSPS) is 15.7. The van der Waals surface area contributed by atoms with Gasteiger partial charge in [0, 0.05) is 41.2 Å². The van der Waals surface area contributed by atoms with Gasteiger partial charge in [-0.05, 0) is 34.1 Å². The van der Waals surface area contributed by atoms with Gasteiger partial charge < -0.3 is 16.0 Å². The van der Waals surface area contributed by atoms with Gasteiger partial charge in [0.15, 0.2) is 0 Å². The molecule has 6 heteroatoms. The third-order valence-electron chi connectivity index (χ3n) is 2.78. The lowest BCUT2D eigenvalue weighted by Crippen LogP contribution is -2.47. The van der Waals surface area contributed by atoms with Crippen molar-refractivity contribution in [2.75, 3.05) is 37.7 Å². The molecule has 18 heavy (non-hydrogen) atoms. The first kappa shape index (κ1) is 13.7. The number of thioether (sulfide) groups is 1. The molecule has 0 aromatic heterocycles. The highest BCUT2D eigenvalue weighted by atomic mass is 79.9. The van der Waals surface area contributed by atoms with Gasteiger partial charge in [-0.1, -0.05) is 0 Å². The zero-order chi connectivity index (χ0) is 13.0. The van der Waals surface area contributed by atoms with Crippen molar-refractivity contribution in [3.63, 3.8) is 0 Å². The van der Waals surface area contributed by atoms with E-state index in [4.69, 9.17) is 5.73 Å². The van der Waals surface area contributed by atoms with Crippen LogP contribution in [0, 0.1) is 0 Å².